The van der Waals surface area contributed by atoms with Gasteiger partial charge in [0.05, 0.1) is 5.69 Å². The molecule has 3 nitrogen and oxygen atoms in total. The molecule has 2 aromatic carbocycles. The number of aromatic amines is 1. The van der Waals surface area contributed by atoms with Gasteiger partial charge in [0.1, 0.15) is 5.82 Å². The summed E-state index contributed by atoms with van der Waals surface area (Å²) in [4.78, 5) is 0. The van der Waals surface area contributed by atoms with Gasteiger partial charge in [-0.05, 0) is 16.8 Å². The van der Waals surface area contributed by atoms with Crippen LogP contribution in [-0.2, 0) is 0 Å². The Bertz CT molecular complexity index is 655. The monoisotopic (exact) mass is 223 g/mol. The molecular formula is C14H13N3. The zero-order valence-corrected chi connectivity index (χ0v) is 9.57. The van der Waals surface area contributed by atoms with Gasteiger partial charge >= 0.3 is 0 Å². The smallest absolute Gasteiger partial charge is 0.148 e. The van der Waals surface area contributed by atoms with Crippen LogP contribution in [0.3, 0.4) is 0 Å². The Kier molecular flexibility index (Phi) is 2.29. The van der Waals surface area contributed by atoms with Crippen molar-refractivity contribution < 1.29 is 0 Å². The van der Waals surface area contributed by atoms with Crippen LogP contribution < -0.4 is 5.32 Å². The van der Waals surface area contributed by atoms with Crippen LogP contribution in [0, 0.1) is 0 Å². The quantitative estimate of drug-likeness (QED) is 0.700. The second kappa shape index (κ2) is 3.94. The van der Waals surface area contributed by atoms with E-state index in [0.717, 1.165) is 17.1 Å². The molecule has 0 amide bonds. The van der Waals surface area contributed by atoms with Gasteiger partial charge in [0, 0.05) is 18.7 Å². The molecule has 1 aromatic heterocycles. The molecule has 3 aromatic rings. The van der Waals surface area contributed by atoms with Crippen LogP contribution in [0.2, 0.25) is 0 Å². The number of nitrogens with zero attached hydrogens (tertiary/aromatic N) is 1. The van der Waals surface area contributed by atoms with E-state index in [2.05, 4.69) is 58.0 Å². The first-order chi connectivity index (χ1) is 8.36. The zero-order chi connectivity index (χ0) is 11.7. The molecule has 0 spiro atoms. The minimum absolute atomic E-state index is 0.855. The first-order valence-corrected chi connectivity index (χ1v) is 5.59. The largest absolute Gasteiger partial charge is 0.372 e. The van der Waals surface area contributed by atoms with Crippen molar-refractivity contribution in [3.63, 3.8) is 0 Å². The number of aromatic nitrogens is 2. The lowest BCUT2D eigenvalue weighted by atomic mass is 10.1. The van der Waals surface area contributed by atoms with Gasteiger partial charge in [-0.25, -0.2) is 0 Å². The molecule has 0 unspecified atom stereocenters. The molecular weight excluding hydrogens is 210 g/mol. The van der Waals surface area contributed by atoms with E-state index < -0.39 is 0 Å². The summed E-state index contributed by atoms with van der Waals surface area (Å²) < 4.78 is 0. The van der Waals surface area contributed by atoms with Gasteiger partial charge in [0.15, 0.2) is 0 Å². The summed E-state index contributed by atoms with van der Waals surface area (Å²) in [5.74, 6) is 0.855. The predicted molar refractivity (Wildman–Crippen MR) is 71.1 cm³/mol. The summed E-state index contributed by atoms with van der Waals surface area (Å²) in [6, 6.07) is 16.8. The molecule has 0 radical (unpaired) electrons. The SMILES string of the molecule is CNc1cc(-c2ccc3ccccc3c2)[nH]n1. The Morgan fingerprint density at radius 1 is 1.00 bits per heavy atom. The van der Waals surface area contributed by atoms with E-state index in [1.54, 1.807) is 0 Å². The minimum atomic E-state index is 0.855. The van der Waals surface area contributed by atoms with E-state index in [1.807, 2.05) is 13.1 Å². The maximum Gasteiger partial charge on any atom is 0.148 e. The van der Waals surface area contributed by atoms with Crippen LogP contribution in [0.5, 0.6) is 0 Å². The highest BCUT2D eigenvalue weighted by molar-refractivity contribution is 5.86. The van der Waals surface area contributed by atoms with Crippen LogP contribution in [0.15, 0.2) is 48.5 Å². The van der Waals surface area contributed by atoms with Crippen LogP contribution in [-0.4, -0.2) is 17.2 Å². The molecule has 0 aliphatic rings. The first-order valence-electron chi connectivity index (χ1n) is 5.59. The Balaban J connectivity index is 2.11. The Morgan fingerprint density at radius 2 is 1.82 bits per heavy atom. The van der Waals surface area contributed by atoms with Crippen molar-refractivity contribution in [1.82, 2.24) is 10.2 Å². The zero-order valence-electron chi connectivity index (χ0n) is 9.57. The average molecular weight is 223 g/mol. The summed E-state index contributed by atoms with van der Waals surface area (Å²) in [5.41, 5.74) is 2.18. The molecule has 3 heteroatoms. The lowest BCUT2D eigenvalue weighted by Gasteiger charge is -2.00. The van der Waals surface area contributed by atoms with Crippen molar-refractivity contribution >= 4 is 16.6 Å². The van der Waals surface area contributed by atoms with Crippen molar-refractivity contribution in [2.75, 3.05) is 12.4 Å². The fourth-order valence-corrected chi connectivity index (χ4v) is 1.95. The molecule has 0 bridgehead atoms. The van der Waals surface area contributed by atoms with Crippen LogP contribution in [0.1, 0.15) is 0 Å². The van der Waals surface area contributed by atoms with Crippen molar-refractivity contribution in [2.45, 2.75) is 0 Å². The third-order valence-corrected chi connectivity index (χ3v) is 2.89. The standard InChI is InChI=1S/C14H13N3/c1-15-14-9-13(16-17-14)12-7-6-10-4-2-3-5-11(10)8-12/h2-9H,1H3,(H2,15,16,17). The summed E-state index contributed by atoms with van der Waals surface area (Å²) in [7, 11) is 1.86. The third kappa shape index (κ3) is 1.76. The Hall–Kier alpha value is -2.29. The summed E-state index contributed by atoms with van der Waals surface area (Å²) >= 11 is 0. The van der Waals surface area contributed by atoms with Gasteiger partial charge in [-0.3, -0.25) is 5.10 Å². The van der Waals surface area contributed by atoms with Gasteiger partial charge in [0.2, 0.25) is 0 Å². The molecule has 0 saturated heterocycles. The number of nitrogens with one attached hydrogen (secondary N) is 2. The number of hydrogen-bond donors (Lipinski definition) is 2. The average Bonchev–Trinajstić information content (AvgIpc) is 2.87. The maximum absolute atomic E-state index is 4.16. The summed E-state index contributed by atoms with van der Waals surface area (Å²) in [5, 5.41) is 12.7. The molecule has 0 saturated carbocycles. The van der Waals surface area contributed by atoms with Crippen molar-refractivity contribution in [3.05, 3.63) is 48.5 Å². The Labute approximate surface area is 99.5 Å². The van der Waals surface area contributed by atoms with E-state index in [9.17, 15) is 0 Å². The van der Waals surface area contributed by atoms with E-state index in [-0.39, 0.29) is 0 Å². The lowest BCUT2D eigenvalue weighted by Crippen LogP contribution is -1.85. The maximum atomic E-state index is 4.16. The number of rotatable bonds is 2. The summed E-state index contributed by atoms with van der Waals surface area (Å²) in [6.45, 7) is 0. The molecule has 17 heavy (non-hydrogen) atoms. The lowest BCUT2D eigenvalue weighted by molar-refractivity contribution is 1.09. The number of H-pyrrole nitrogens is 1. The number of anilines is 1. The van der Waals surface area contributed by atoms with Gasteiger partial charge < -0.3 is 5.32 Å². The van der Waals surface area contributed by atoms with Crippen LogP contribution in [0.25, 0.3) is 22.0 Å². The second-order valence-corrected chi connectivity index (χ2v) is 3.98. The fraction of sp³-hybridized carbons (Fsp3) is 0.0714. The topological polar surface area (TPSA) is 40.7 Å². The molecule has 0 aliphatic heterocycles. The van der Waals surface area contributed by atoms with Gasteiger partial charge in [-0.15, -0.1) is 0 Å². The van der Waals surface area contributed by atoms with E-state index >= 15 is 0 Å². The van der Waals surface area contributed by atoms with Crippen LogP contribution >= 0.6 is 0 Å². The highest BCUT2D eigenvalue weighted by Gasteiger charge is 2.03. The van der Waals surface area contributed by atoms with Crippen molar-refractivity contribution in [3.8, 4) is 11.3 Å². The Morgan fingerprint density at radius 3 is 2.59 bits per heavy atom. The van der Waals surface area contributed by atoms with Crippen molar-refractivity contribution in [1.29, 1.82) is 0 Å². The first kappa shape index (κ1) is 9.90. The minimum Gasteiger partial charge on any atom is -0.372 e. The van der Waals surface area contributed by atoms with E-state index in [0.29, 0.717) is 0 Å². The second-order valence-electron chi connectivity index (χ2n) is 3.98. The molecule has 0 fully saturated rings. The predicted octanol–water partition coefficient (Wildman–Crippen LogP) is 3.27. The highest BCUT2D eigenvalue weighted by Crippen LogP contribution is 2.24. The number of benzene rings is 2. The molecule has 2 N–H and O–H groups in total. The molecule has 3 rings (SSSR count). The number of fused-ring (bicyclic) bond motifs is 1. The highest BCUT2D eigenvalue weighted by atomic mass is 15.2. The fourth-order valence-electron chi connectivity index (χ4n) is 1.95. The van der Waals surface area contributed by atoms with Gasteiger partial charge in [0.25, 0.3) is 0 Å². The van der Waals surface area contributed by atoms with Crippen molar-refractivity contribution in [2.24, 2.45) is 0 Å². The van der Waals surface area contributed by atoms with Gasteiger partial charge in [-0.2, -0.15) is 5.10 Å². The van der Waals surface area contributed by atoms with Crippen LogP contribution in [0.4, 0.5) is 5.82 Å². The molecule has 1 heterocycles. The molecule has 0 aliphatic carbocycles. The number of hydrogen-bond acceptors (Lipinski definition) is 2. The normalized spacial score (nSPS) is 10.6. The van der Waals surface area contributed by atoms with E-state index in [4.69, 9.17) is 0 Å². The summed E-state index contributed by atoms with van der Waals surface area (Å²) in [6.07, 6.45) is 0. The molecule has 84 valence electrons. The third-order valence-electron chi connectivity index (χ3n) is 2.89. The van der Waals surface area contributed by atoms with E-state index in [1.165, 1.54) is 10.8 Å². The molecule has 0 atom stereocenters. The van der Waals surface area contributed by atoms with Gasteiger partial charge in [-0.1, -0.05) is 36.4 Å².